The second kappa shape index (κ2) is 8.10. The summed E-state index contributed by atoms with van der Waals surface area (Å²) in [5, 5.41) is 11.6. The highest BCUT2D eigenvalue weighted by Crippen LogP contribution is 2.31. The van der Waals surface area contributed by atoms with E-state index in [1.165, 1.54) is 36.5 Å². The first-order valence-electron chi connectivity index (χ1n) is 8.38. The number of nitrogens with zero attached hydrogens (tertiary/aromatic N) is 2. The first kappa shape index (κ1) is 20.0. The number of aromatic nitrogens is 1. The summed E-state index contributed by atoms with van der Waals surface area (Å²) in [5.74, 6) is -1.35. The average Bonchev–Trinajstić information content (AvgIpc) is 2.72. The number of pyridine rings is 1. The summed E-state index contributed by atoms with van der Waals surface area (Å²) in [5.41, 5.74) is -0.378. The Morgan fingerprint density at radius 3 is 2.41 bits per heavy atom. The Kier molecular flexibility index (Phi) is 5.59. The Morgan fingerprint density at radius 1 is 1.07 bits per heavy atom. The van der Waals surface area contributed by atoms with Crippen LogP contribution in [0.25, 0.3) is 0 Å². The molecule has 1 unspecified atom stereocenters. The van der Waals surface area contributed by atoms with E-state index in [1.807, 2.05) is 6.07 Å². The quantitative estimate of drug-likeness (QED) is 0.651. The van der Waals surface area contributed by atoms with Crippen LogP contribution in [0.3, 0.4) is 0 Å². The van der Waals surface area contributed by atoms with Crippen LogP contribution in [0.4, 0.5) is 17.6 Å². The number of nitriles is 1. The smallest absolute Gasteiger partial charge is 0.339 e. The van der Waals surface area contributed by atoms with Gasteiger partial charge in [0.05, 0.1) is 23.2 Å². The van der Waals surface area contributed by atoms with Gasteiger partial charge in [-0.3, -0.25) is 9.78 Å². The lowest BCUT2D eigenvalue weighted by molar-refractivity contribution is -0.137. The predicted octanol–water partition coefficient (Wildman–Crippen LogP) is 4.63. The molecule has 0 spiro atoms. The maximum absolute atomic E-state index is 14.3. The summed E-state index contributed by atoms with van der Waals surface area (Å²) in [7, 11) is 0. The fraction of sp³-hybridized carbons (Fsp3) is 0.0952. The molecule has 0 bridgehead atoms. The molecule has 8 heteroatoms. The SMILES string of the molecule is N#Cc1cccc(C(=O)NC(c2ccc(C(F)(F)F)cc2)c2ncccc2F)c1. The Bertz CT molecular complexity index is 1070. The van der Waals surface area contributed by atoms with Crippen molar-refractivity contribution in [2.24, 2.45) is 0 Å². The number of carbonyl (C=O) groups is 1. The highest BCUT2D eigenvalue weighted by molar-refractivity contribution is 5.95. The highest BCUT2D eigenvalue weighted by atomic mass is 19.4. The predicted molar refractivity (Wildman–Crippen MR) is 96.1 cm³/mol. The van der Waals surface area contributed by atoms with Crippen LogP contribution < -0.4 is 5.32 Å². The summed E-state index contributed by atoms with van der Waals surface area (Å²) in [4.78, 5) is 16.6. The normalized spacial score (nSPS) is 12.1. The van der Waals surface area contributed by atoms with Crippen LogP contribution in [0.5, 0.6) is 0 Å². The largest absolute Gasteiger partial charge is 0.416 e. The van der Waals surface area contributed by atoms with Gasteiger partial charge in [-0.1, -0.05) is 18.2 Å². The molecule has 4 nitrogen and oxygen atoms in total. The minimum Gasteiger partial charge on any atom is -0.339 e. The number of hydrogen-bond donors (Lipinski definition) is 1. The summed E-state index contributed by atoms with van der Waals surface area (Å²) < 4.78 is 52.9. The van der Waals surface area contributed by atoms with Crippen molar-refractivity contribution in [2.45, 2.75) is 12.2 Å². The van der Waals surface area contributed by atoms with Gasteiger partial charge in [0.25, 0.3) is 5.91 Å². The van der Waals surface area contributed by atoms with Gasteiger partial charge in [0.2, 0.25) is 0 Å². The Balaban J connectivity index is 1.99. The molecule has 0 radical (unpaired) electrons. The molecule has 0 fully saturated rings. The third-order valence-corrected chi connectivity index (χ3v) is 4.16. The molecule has 146 valence electrons. The Morgan fingerprint density at radius 2 is 1.79 bits per heavy atom. The van der Waals surface area contributed by atoms with E-state index in [1.54, 1.807) is 0 Å². The molecule has 2 aromatic carbocycles. The van der Waals surface area contributed by atoms with Crippen LogP contribution in [-0.4, -0.2) is 10.9 Å². The minimum absolute atomic E-state index is 0.142. The average molecular weight is 399 g/mol. The lowest BCUT2D eigenvalue weighted by atomic mass is 10.00. The van der Waals surface area contributed by atoms with Crippen molar-refractivity contribution in [2.75, 3.05) is 0 Å². The molecule has 1 N–H and O–H groups in total. The molecule has 0 aliphatic heterocycles. The lowest BCUT2D eigenvalue weighted by Gasteiger charge is -2.20. The molecule has 0 aliphatic carbocycles. The summed E-state index contributed by atoms with van der Waals surface area (Å²) in [6, 6.07) is 13.2. The molecule has 0 saturated heterocycles. The van der Waals surface area contributed by atoms with Crippen molar-refractivity contribution >= 4 is 5.91 Å². The second-order valence-electron chi connectivity index (χ2n) is 6.09. The van der Waals surface area contributed by atoms with E-state index in [0.29, 0.717) is 0 Å². The zero-order valence-corrected chi connectivity index (χ0v) is 14.7. The van der Waals surface area contributed by atoms with Gasteiger partial charge in [-0.15, -0.1) is 0 Å². The molecule has 1 atom stereocenters. The van der Waals surface area contributed by atoms with Crippen LogP contribution in [-0.2, 0) is 6.18 Å². The van der Waals surface area contributed by atoms with E-state index in [4.69, 9.17) is 5.26 Å². The van der Waals surface area contributed by atoms with Gasteiger partial charge in [-0.05, 0) is 48.0 Å². The summed E-state index contributed by atoms with van der Waals surface area (Å²) in [6.07, 6.45) is -3.21. The number of benzene rings is 2. The maximum Gasteiger partial charge on any atom is 0.416 e. The molecular weight excluding hydrogens is 386 g/mol. The van der Waals surface area contributed by atoms with Crippen molar-refractivity contribution in [3.05, 3.63) is 101 Å². The van der Waals surface area contributed by atoms with Crippen LogP contribution in [0.1, 0.15) is 38.8 Å². The van der Waals surface area contributed by atoms with Crippen molar-refractivity contribution in [1.29, 1.82) is 5.26 Å². The fourth-order valence-electron chi connectivity index (χ4n) is 2.73. The van der Waals surface area contributed by atoms with Crippen molar-refractivity contribution < 1.29 is 22.4 Å². The topological polar surface area (TPSA) is 65.8 Å². The maximum atomic E-state index is 14.3. The number of amides is 1. The van der Waals surface area contributed by atoms with Gasteiger partial charge >= 0.3 is 6.18 Å². The first-order valence-corrected chi connectivity index (χ1v) is 8.38. The van der Waals surface area contributed by atoms with E-state index in [-0.39, 0.29) is 22.4 Å². The van der Waals surface area contributed by atoms with Gasteiger partial charge in [-0.25, -0.2) is 4.39 Å². The van der Waals surface area contributed by atoms with Crippen LogP contribution >= 0.6 is 0 Å². The molecule has 1 heterocycles. The monoisotopic (exact) mass is 399 g/mol. The van der Waals surface area contributed by atoms with E-state index in [2.05, 4.69) is 10.3 Å². The van der Waals surface area contributed by atoms with Crippen LogP contribution in [0, 0.1) is 17.1 Å². The number of hydrogen-bond acceptors (Lipinski definition) is 3. The highest BCUT2D eigenvalue weighted by Gasteiger charge is 2.31. The Labute approximate surface area is 163 Å². The molecule has 0 saturated carbocycles. The molecule has 29 heavy (non-hydrogen) atoms. The number of alkyl halides is 3. The zero-order valence-electron chi connectivity index (χ0n) is 14.7. The van der Waals surface area contributed by atoms with Gasteiger partial charge in [0, 0.05) is 11.8 Å². The number of halogens is 4. The van der Waals surface area contributed by atoms with Crippen molar-refractivity contribution in [3.63, 3.8) is 0 Å². The molecule has 3 rings (SSSR count). The second-order valence-corrected chi connectivity index (χ2v) is 6.09. The van der Waals surface area contributed by atoms with E-state index in [9.17, 15) is 22.4 Å². The van der Waals surface area contributed by atoms with Gasteiger partial charge in [0.1, 0.15) is 11.5 Å². The van der Waals surface area contributed by atoms with Crippen LogP contribution in [0.15, 0.2) is 66.9 Å². The number of rotatable bonds is 4. The number of carbonyl (C=O) groups excluding carboxylic acids is 1. The molecule has 3 aromatic rings. The number of nitrogens with one attached hydrogen (secondary N) is 1. The summed E-state index contributed by atoms with van der Waals surface area (Å²) in [6.45, 7) is 0. The first-order chi connectivity index (χ1) is 13.8. The third kappa shape index (κ3) is 4.58. The standard InChI is InChI=1S/C21H13F4N3O/c22-17-5-2-10-27-19(17)18(14-6-8-16(9-7-14)21(23,24)25)28-20(29)15-4-1-3-13(11-15)12-26/h1-11,18H,(H,28,29). The van der Waals surface area contributed by atoms with Crippen molar-refractivity contribution in [3.8, 4) is 6.07 Å². The molecular formula is C21H13F4N3O. The van der Waals surface area contributed by atoms with Crippen molar-refractivity contribution in [1.82, 2.24) is 10.3 Å². The van der Waals surface area contributed by atoms with E-state index < -0.39 is 29.5 Å². The molecule has 1 aromatic heterocycles. The summed E-state index contributed by atoms with van der Waals surface area (Å²) >= 11 is 0. The lowest BCUT2D eigenvalue weighted by Crippen LogP contribution is -2.30. The minimum atomic E-state index is -4.52. The third-order valence-electron chi connectivity index (χ3n) is 4.16. The van der Waals surface area contributed by atoms with Gasteiger partial charge in [0.15, 0.2) is 0 Å². The molecule has 1 amide bonds. The van der Waals surface area contributed by atoms with Gasteiger partial charge < -0.3 is 5.32 Å². The molecule has 0 aliphatic rings. The van der Waals surface area contributed by atoms with E-state index >= 15 is 0 Å². The zero-order chi connectivity index (χ0) is 21.0. The fourth-order valence-corrected chi connectivity index (χ4v) is 2.73. The van der Waals surface area contributed by atoms with Crippen LogP contribution in [0.2, 0.25) is 0 Å². The van der Waals surface area contributed by atoms with E-state index in [0.717, 1.165) is 30.3 Å². The Hall–Kier alpha value is -3.73. The van der Waals surface area contributed by atoms with Gasteiger partial charge in [-0.2, -0.15) is 18.4 Å².